The van der Waals surface area contributed by atoms with Crippen LogP contribution in [-0.2, 0) is 6.42 Å². The molecule has 0 radical (unpaired) electrons. The molecule has 3 nitrogen and oxygen atoms in total. The average molecular weight is 454 g/mol. The fraction of sp³-hybridized carbons (Fsp3) is 0.733. The molecule has 1 aromatic carbocycles. The molecule has 33 heavy (non-hydrogen) atoms. The number of rotatable bonds is 11. The van der Waals surface area contributed by atoms with Gasteiger partial charge in [-0.05, 0) is 75.5 Å². The topological polar surface area (TPSA) is 32.5 Å². The summed E-state index contributed by atoms with van der Waals surface area (Å²) in [5, 5.41) is 0. The fourth-order valence-corrected chi connectivity index (χ4v) is 5.87. The van der Waals surface area contributed by atoms with Crippen LogP contribution in [0.2, 0.25) is 0 Å². The van der Waals surface area contributed by atoms with Crippen molar-refractivity contribution >= 4 is 5.69 Å². The minimum Gasteiger partial charge on any atom is -0.365 e. The van der Waals surface area contributed by atoms with Gasteiger partial charge < -0.3 is 15.5 Å². The Bertz CT molecular complexity index is 690. The van der Waals surface area contributed by atoms with Crippen molar-refractivity contribution in [3.05, 3.63) is 41.5 Å². The van der Waals surface area contributed by atoms with Crippen molar-refractivity contribution in [2.75, 3.05) is 31.1 Å². The van der Waals surface area contributed by atoms with Crippen LogP contribution >= 0.6 is 0 Å². The lowest BCUT2D eigenvalue weighted by Gasteiger charge is -2.40. The maximum absolute atomic E-state index is 6.40. The molecule has 186 valence electrons. The molecular weight excluding hydrogens is 402 g/mol. The van der Waals surface area contributed by atoms with Crippen molar-refractivity contribution in [3.8, 4) is 0 Å². The highest BCUT2D eigenvalue weighted by molar-refractivity contribution is 5.49. The molecule has 1 atom stereocenters. The summed E-state index contributed by atoms with van der Waals surface area (Å²) in [5.74, 6) is 1.65. The second-order valence-corrected chi connectivity index (χ2v) is 11.6. The van der Waals surface area contributed by atoms with Gasteiger partial charge in [0.05, 0.1) is 0 Å². The second kappa shape index (κ2) is 13.5. The van der Waals surface area contributed by atoms with E-state index in [9.17, 15) is 0 Å². The van der Waals surface area contributed by atoms with Crippen molar-refractivity contribution in [3.63, 3.8) is 0 Å². The van der Waals surface area contributed by atoms with Gasteiger partial charge >= 0.3 is 0 Å². The van der Waals surface area contributed by atoms with Gasteiger partial charge in [0.25, 0.3) is 0 Å². The number of nitrogens with zero attached hydrogens (tertiary/aromatic N) is 2. The lowest BCUT2D eigenvalue weighted by molar-refractivity contribution is 0.193. The molecule has 1 aliphatic carbocycles. The lowest BCUT2D eigenvalue weighted by atomic mass is 9.85. The molecular formula is C30H51N3. The Morgan fingerprint density at radius 3 is 2.30 bits per heavy atom. The summed E-state index contributed by atoms with van der Waals surface area (Å²) in [6, 6.07) is 10.5. The lowest BCUT2D eigenvalue weighted by Crippen LogP contribution is -2.48. The molecule has 1 saturated heterocycles. The second-order valence-electron chi connectivity index (χ2n) is 11.6. The fourth-order valence-electron chi connectivity index (χ4n) is 5.87. The van der Waals surface area contributed by atoms with Crippen molar-refractivity contribution in [2.24, 2.45) is 17.6 Å². The molecule has 0 spiro atoms. The largest absolute Gasteiger partial charge is 0.365 e. The summed E-state index contributed by atoms with van der Waals surface area (Å²) in [7, 11) is 0. The first kappa shape index (κ1) is 26.3. The summed E-state index contributed by atoms with van der Waals surface area (Å²) in [6.45, 7) is 13.4. The smallest absolute Gasteiger partial charge is 0.0371 e. The Kier molecular flexibility index (Phi) is 10.8. The molecule has 0 unspecified atom stereocenters. The molecule has 0 bridgehead atoms. The van der Waals surface area contributed by atoms with Gasteiger partial charge in [0.1, 0.15) is 0 Å². The van der Waals surface area contributed by atoms with Crippen LogP contribution in [0.3, 0.4) is 0 Å². The van der Waals surface area contributed by atoms with Crippen LogP contribution in [0.15, 0.2) is 35.9 Å². The number of benzene rings is 1. The van der Waals surface area contributed by atoms with E-state index in [2.05, 4.69) is 67.8 Å². The highest BCUT2D eigenvalue weighted by Gasteiger charge is 2.25. The van der Waals surface area contributed by atoms with E-state index in [0.29, 0.717) is 18.0 Å². The number of anilines is 1. The number of nitrogens with two attached hydrogens (primary N) is 1. The van der Waals surface area contributed by atoms with Gasteiger partial charge in [-0.3, -0.25) is 0 Å². The van der Waals surface area contributed by atoms with Crippen molar-refractivity contribution in [2.45, 2.75) is 104 Å². The minimum absolute atomic E-state index is 0.310. The summed E-state index contributed by atoms with van der Waals surface area (Å²) < 4.78 is 0. The van der Waals surface area contributed by atoms with Crippen LogP contribution in [0.5, 0.6) is 0 Å². The van der Waals surface area contributed by atoms with Crippen molar-refractivity contribution in [1.29, 1.82) is 0 Å². The van der Waals surface area contributed by atoms with Gasteiger partial charge in [0, 0.05) is 44.0 Å². The predicted molar refractivity (Wildman–Crippen MR) is 145 cm³/mol. The molecule has 2 N–H and O–H groups in total. The number of allylic oxidation sites excluding steroid dienone is 1. The van der Waals surface area contributed by atoms with E-state index in [1.165, 1.54) is 87.7 Å². The van der Waals surface area contributed by atoms with E-state index < -0.39 is 0 Å². The zero-order chi connectivity index (χ0) is 23.6. The first-order valence-corrected chi connectivity index (χ1v) is 13.9. The van der Waals surface area contributed by atoms with Gasteiger partial charge in [0.2, 0.25) is 0 Å². The third kappa shape index (κ3) is 9.09. The van der Waals surface area contributed by atoms with E-state index in [1.807, 2.05) is 0 Å². The van der Waals surface area contributed by atoms with Crippen LogP contribution in [0, 0.1) is 11.8 Å². The van der Waals surface area contributed by atoms with Crippen LogP contribution in [0.1, 0.15) is 91.0 Å². The highest BCUT2D eigenvalue weighted by atomic mass is 15.2. The van der Waals surface area contributed by atoms with Gasteiger partial charge in [0.15, 0.2) is 0 Å². The zero-order valence-electron chi connectivity index (χ0n) is 22.1. The van der Waals surface area contributed by atoms with Crippen molar-refractivity contribution < 1.29 is 0 Å². The minimum atomic E-state index is 0.310. The maximum atomic E-state index is 6.40. The van der Waals surface area contributed by atoms with Crippen molar-refractivity contribution in [1.82, 2.24) is 4.90 Å². The highest BCUT2D eigenvalue weighted by Crippen LogP contribution is 2.29. The van der Waals surface area contributed by atoms with Gasteiger partial charge in [-0.25, -0.2) is 0 Å². The predicted octanol–water partition coefficient (Wildman–Crippen LogP) is 6.81. The number of aryl methyl sites for hydroxylation is 1. The molecule has 1 heterocycles. The molecule has 3 heteroatoms. The van der Waals surface area contributed by atoms with Crippen LogP contribution in [-0.4, -0.2) is 43.2 Å². The summed E-state index contributed by atoms with van der Waals surface area (Å²) in [5.41, 5.74) is 10.7. The number of piperidine rings is 1. The normalized spacial score (nSPS) is 19.6. The number of likely N-dealkylation sites (tertiary alicyclic amines) is 1. The van der Waals surface area contributed by atoms with Gasteiger partial charge in [-0.15, -0.1) is 0 Å². The molecule has 2 aliphatic rings. The molecule has 1 saturated carbocycles. The first-order valence-electron chi connectivity index (χ1n) is 13.9. The van der Waals surface area contributed by atoms with Crippen LogP contribution < -0.4 is 10.6 Å². The third-order valence-electron chi connectivity index (χ3n) is 7.79. The van der Waals surface area contributed by atoms with Gasteiger partial charge in [-0.2, -0.15) is 0 Å². The molecule has 2 fully saturated rings. The average Bonchev–Trinajstić information content (AvgIpc) is 2.79. The number of hydrogen-bond donors (Lipinski definition) is 1. The van der Waals surface area contributed by atoms with E-state index in [1.54, 1.807) is 0 Å². The Labute approximate surface area is 204 Å². The Balaban J connectivity index is 1.56. The molecule has 1 aliphatic heterocycles. The molecule has 0 aromatic heterocycles. The summed E-state index contributed by atoms with van der Waals surface area (Å²) >= 11 is 0. The SMILES string of the molecule is CC(C)=CCN(c1ccc(CCC2CCCCC2)cc1)C1CCN(C[C@H](N)CC(C)C)CC1. The van der Waals surface area contributed by atoms with Gasteiger partial charge in [-0.1, -0.05) is 69.7 Å². The summed E-state index contributed by atoms with van der Waals surface area (Å²) in [6.07, 6.45) is 15.9. The standard InChI is InChI=1S/C30H51N3/c1-24(2)16-21-33(30-17-19-32(20-18-30)23-28(31)22-25(3)4)29-14-12-27(13-15-29)11-10-26-8-6-5-7-9-26/h12-16,25-26,28,30H,5-11,17-23,31H2,1-4H3/t28-/m1/s1. The van der Waals surface area contributed by atoms with E-state index in [-0.39, 0.29) is 0 Å². The van der Waals surface area contributed by atoms with E-state index in [0.717, 1.165) is 25.4 Å². The monoisotopic (exact) mass is 453 g/mol. The van der Waals surface area contributed by atoms with Crippen LogP contribution in [0.4, 0.5) is 5.69 Å². The Morgan fingerprint density at radius 2 is 1.70 bits per heavy atom. The summed E-state index contributed by atoms with van der Waals surface area (Å²) in [4.78, 5) is 5.25. The zero-order valence-corrected chi connectivity index (χ0v) is 22.1. The Hall–Kier alpha value is -1.32. The Morgan fingerprint density at radius 1 is 1.03 bits per heavy atom. The molecule has 0 amide bonds. The molecule has 1 aromatic rings. The third-order valence-corrected chi connectivity index (χ3v) is 7.79. The van der Waals surface area contributed by atoms with E-state index >= 15 is 0 Å². The van der Waals surface area contributed by atoms with Crippen LogP contribution in [0.25, 0.3) is 0 Å². The maximum Gasteiger partial charge on any atom is 0.0371 e. The number of hydrogen-bond acceptors (Lipinski definition) is 3. The molecule has 3 rings (SSSR count). The van der Waals surface area contributed by atoms with E-state index in [4.69, 9.17) is 5.73 Å². The quantitative estimate of drug-likeness (QED) is 0.374. The first-order chi connectivity index (χ1) is 15.9.